The van der Waals surface area contributed by atoms with Gasteiger partial charge >= 0.3 is 0 Å². The normalized spacial score (nSPS) is 11.5. The van der Waals surface area contributed by atoms with Gasteiger partial charge in [0.2, 0.25) is 0 Å². The minimum Gasteiger partial charge on any atom is -0.317 e. The van der Waals surface area contributed by atoms with E-state index in [1.807, 2.05) is 67.0 Å². The Bertz CT molecular complexity index is 3130. The van der Waals surface area contributed by atoms with Crippen LogP contribution < -0.4 is 0 Å². The van der Waals surface area contributed by atoms with E-state index in [1.165, 1.54) is 50.5 Å². The van der Waals surface area contributed by atoms with Crippen LogP contribution in [0.25, 0.3) is 77.9 Å². The first-order valence-corrected chi connectivity index (χ1v) is 19.2. The maximum Gasteiger partial charge on any atom is 0.295 e. The van der Waals surface area contributed by atoms with Crippen molar-refractivity contribution >= 4 is 27.5 Å². The molecule has 0 aliphatic heterocycles. The highest BCUT2D eigenvalue weighted by Gasteiger charge is 2.23. The van der Waals surface area contributed by atoms with Gasteiger partial charge in [-0.3, -0.25) is 15.1 Å². The lowest BCUT2D eigenvalue weighted by atomic mass is 10.0. The third-order valence-corrected chi connectivity index (χ3v) is 10.9. The Labute approximate surface area is 334 Å². The summed E-state index contributed by atoms with van der Waals surface area (Å²) in [5.74, 6) is 0. The lowest BCUT2D eigenvalue weighted by Crippen LogP contribution is -1.96. The molecule has 0 spiro atoms. The third-order valence-electron chi connectivity index (χ3n) is 10.9. The monoisotopic (exact) mass is 749 g/mol. The Morgan fingerprint density at radius 1 is 0.500 bits per heavy atom. The largest absolute Gasteiger partial charge is 0.317 e. The summed E-state index contributed by atoms with van der Waals surface area (Å²) in [6.07, 6.45) is 8.62. The van der Waals surface area contributed by atoms with Crippen LogP contribution in [0.1, 0.15) is 11.1 Å². The second kappa shape index (κ2) is 14.6. The smallest absolute Gasteiger partial charge is 0.295 e. The van der Waals surface area contributed by atoms with Crippen molar-refractivity contribution in [3.8, 4) is 56.1 Å². The van der Waals surface area contributed by atoms with E-state index in [0.29, 0.717) is 11.3 Å². The summed E-state index contributed by atoms with van der Waals surface area (Å²) in [7, 11) is 0. The van der Waals surface area contributed by atoms with Gasteiger partial charge in [0.25, 0.3) is 5.69 Å². The standard InChI is InChI=1S/C26H18N2.C25H17N3O2/c1-2-6-18(7-3-1)20-8-4-10-22(16-20)28-15-13-19-11-12-23-24(26(19)28)17-21-9-5-14-27-25(21)23;29-28(30)23-10-5-14-26-25(23)21-12-11-19-13-15-27(24(19)17-21)22-9-4-8-20(16-22)18-6-2-1-3-7-18/h1-16H,17H2;1-17H. The molecule has 0 bridgehead atoms. The fourth-order valence-electron chi connectivity index (χ4n) is 8.13. The molecule has 10 aromatic rings. The molecular weight excluding hydrogens is 715 g/mol. The molecule has 0 amide bonds. The fourth-order valence-corrected chi connectivity index (χ4v) is 8.13. The highest BCUT2D eigenvalue weighted by molar-refractivity contribution is 5.94. The molecule has 1 aliphatic rings. The van der Waals surface area contributed by atoms with Crippen LogP contribution in [0.2, 0.25) is 0 Å². The van der Waals surface area contributed by atoms with E-state index in [-0.39, 0.29) is 5.69 Å². The van der Waals surface area contributed by atoms with Gasteiger partial charge in [-0.2, -0.15) is 0 Å². The second-order valence-electron chi connectivity index (χ2n) is 14.3. The van der Waals surface area contributed by atoms with Crippen molar-refractivity contribution in [1.29, 1.82) is 0 Å². The van der Waals surface area contributed by atoms with Crippen LogP contribution in [0.4, 0.5) is 5.69 Å². The second-order valence-corrected chi connectivity index (χ2v) is 14.3. The minimum atomic E-state index is -0.394. The molecule has 11 rings (SSSR count). The topological polar surface area (TPSA) is 78.8 Å². The van der Waals surface area contributed by atoms with Gasteiger partial charge < -0.3 is 9.13 Å². The number of benzene rings is 6. The quantitative estimate of drug-likeness (QED) is 0.125. The minimum absolute atomic E-state index is 0.000955. The molecule has 0 saturated carbocycles. The van der Waals surface area contributed by atoms with Crippen molar-refractivity contribution in [3.63, 3.8) is 0 Å². The van der Waals surface area contributed by atoms with Gasteiger partial charge in [-0.05, 0) is 93.4 Å². The van der Waals surface area contributed by atoms with Crippen molar-refractivity contribution in [2.24, 2.45) is 0 Å². The van der Waals surface area contributed by atoms with Crippen LogP contribution >= 0.6 is 0 Å². The first kappa shape index (κ1) is 34.6. The number of hydrogen-bond donors (Lipinski definition) is 0. The van der Waals surface area contributed by atoms with Gasteiger partial charge in [0, 0.05) is 65.2 Å². The molecule has 7 heteroatoms. The van der Waals surface area contributed by atoms with Gasteiger partial charge in [0.1, 0.15) is 5.69 Å². The van der Waals surface area contributed by atoms with E-state index in [0.717, 1.165) is 39.8 Å². The van der Waals surface area contributed by atoms with Crippen molar-refractivity contribution in [1.82, 2.24) is 19.1 Å². The molecule has 0 unspecified atom stereocenters. The van der Waals surface area contributed by atoms with E-state index < -0.39 is 4.92 Å². The number of nitro groups is 1. The summed E-state index contributed by atoms with van der Waals surface area (Å²) in [6.45, 7) is 0. The average Bonchev–Trinajstić information content (AvgIpc) is 4.03. The zero-order valence-corrected chi connectivity index (χ0v) is 31.3. The summed E-state index contributed by atoms with van der Waals surface area (Å²) in [5.41, 5.74) is 15.4. The zero-order valence-electron chi connectivity index (χ0n) is 31.3. The molecular formula is C51H35N5O2. The Balaban J connectivity index is 0.000000141. The van der Waals surface area contributed by atoms with E-state index >= 15 is 0 Å². The molecule has 4 aromatic heterocycles. The first-order valence-electron chi connectivity index (χ1n) is 19.2. The SMILES string of the molecule is O=[N+]([O-])c1cccnc1-c1ccc2ccn(-c3cccc(-c4ccccc4)c3)c2c1.c1ccc(-c2cccc(-n3ccc4ccc5c(c43)Cc3cccnc3-5)c2)cc1. The predicted molar refractivity (Wildman–Crippen MR) is 233 cm³/mol. The first-order chi connectivity index (χ1) is 28.6. The van der Waals surface area contributed by atoms with Crippen LogP contribution in [0.15, 0.2) is 201 Å². The lowest BCUT2D eigenvalue weighted by molar-refractivity contribution is -0.384. The van der Waals surface area contributed by atoms with Crippen LogP contribution in [0.5, 0.6) is 0 Å². The van der Waals surface area contributed by atoms with Crippen LogP contribution in [0.3, 0.4) is 0 Å². The van der Waals surface area contributed by atoms with Crippen molar-refractivity contribution < 1.29 is 4.92 Å². The van der Waals surface area contributed by atoms with Crippen LogP contribution in [0, 0.1) is 10.1 Å². The fraction of sp³-hybridized carbons (Fsp3) is 0.0196. The summed E-state index contributed by atoms with van der Waals surface area (Å²) < 4.78 is 4.42. The summed E-state index contributed by atoms with van der Waals surface area (Å²) >= 11 is 0. The van der Waals surface area contributed by atoms with Gasteiger partial charge in [-0.1, -0.05) is 115 Å². The summed E-state index contributed by atoms with van der Waals surface area (Å²) in [5, 5.41) is 13.8. The molecule has 7 nitrogen and oxygen atoms in total. The Morgan fingerprint density at radius 2 is 1.10 bits per heavy atom. The molecule has 0 radical (unpaired) electrons. The highest BCUT2D eigenvalue weighted by atomic mass is 16.6. The molecule has 1 aliphatic carbocycles. The number of aromatic nitrogens is 4. The maximum absolute atomic E-state index is 11.4. The zero-order chi connectivity index (χ0) is 39.0. The van der Waals surface area contributed by atoms with Crippen LogP contribution in [-0.2, 0) is 6.42 Å². The molecule has 0 N–H and O–H groups in total. The molecule has 4 heterocycles. The molecule has 0 fully saturated rings. The molecule has 6 aromatic carbocycles. The average molecular weight is 750 g/mol. The predicted octanol–water partition coefficient (Wildman–Crippen LogP) is 12.5. The highest BCUT2D eigenvalue weighted by Crippen LogP contribution is 2.40. The number of rotatable bonds is 6. The number of fused-ring (bicyclic) bond motifs is 6. The molecule has 276 valence electrons. The third kappa shape index (κ3) is 6.30. The van der Waals surface area contributed by atoms with E-state index in [4.69, 9.17) is 0 Å². The van der Waals surface area contributed by atoms with E-state index in [2.05, 4.69) is 134 Å². The summed E-state index contributed by atoms with van der Waals surface area (Å²) in [4.78, 5) is 19.9. The van der Waals surface area contributed by atoms with Gasteiger partial charge in [0.15, 0.2) is 0 Å². The number of pyridine rings is 2. The molecule has 0 atom stereocenters. The van der Waals surface area contributed by atoms with Gasteiger partial charge in [-0.15, -0.1) is 0 Å². The van der Waals surface area contributed by atoms with Gasteiger partial charge in [-0.25, -0.2) is 4.98 Å². The maximum atomic E-state index is 11.4. The van der Waals surface area contributed by atoms with E-state index in [9.17, 15) is 10.1 Å². The Morgan fingerprint density at radius 3 is 1.81 bits per heavy atom. The number of nitrogens with zero attached hydrogens (tertiary/aromatic N) is 5. The van der Waals surface area contributed by atoms with Crippen molar-refractivity contribution in [2.45, 2.75) is 6.42 Å². The van der Waals surface area contributed by atoms with Crippen LogP contribution in [-0.4, -0.2) is 24.0 Å². The van der Waals surface area contributed by atoms with E-state index in [1.54, 1.807) is 12.3 Å². The molecule has 0 saturated heterocycles. The Hall–Kier alpha value is -7.90. The van der Waals surface area contributed by atoms with Crippen molar-refractivity contribution in [2.75, 3.05) is 0 Å². The number of hydrogen-bond acceptors (Lipinski definition) is 4. The Kier molecular flexibility index (Phi) is 8.73. The van der Waals surface area contributed by atoms with Crippen molar-refractivity contribution in [3.05, 3.63) is 222 Å². The van der Waals surface area contributed by atoms with Gasteiger partial charge in [0.05, 0.1) is 21.7 Å². The molecule has 58 heavy (non-hydrogen) atoms. The summed E-state index contributed by atoms with van der Waals surface area (Å²) in [6, 6.07) is 59.7. The lowest BCUT2D eigenvalue weighted by Gasteiger charge is -2.11.